The predicted octanol–water partition coefficient (Wildman–Crippen LogP) is 1.54. The molecule has 2 rings (SSSR count). The third kappa shape index (κ3) is 1.47. The SMILES string of the molecule is CC(C)c1cnc2cncnc2n1. The number of aromatic nitrogens is 4. The number of hydrogen-bond donors (Lipinski definition) is 0. The van der Waals surface area contributed by atoms with Gasteiger partial charge in [0.2, 0.25) is 0 Å². The van der Waals surface area contributed by atoms with Crippen LogP contribution in [0.2, 0.25) is 0 Å². The van der Waals surface area contributed by atoms with Crippen LogP contribution in [0.25, 0.3) is 11.2 Å². The van der Waals surface area contributed by atoms with Gasteiger partial charge in [0.25, 0.3) is 0 Å². The summed E-state index contributed by atoms with van der Waals surface area (Å²) in [6.07, 6.45) is 4.93. The van der Waals surface area contributed by atoms with E-state index in [1.807, 2.05) is 0 Å². The molecule has 2 aromatic heterocycles. The van der Waals surface area contributed by atoms with Crippen molar-refractivity contribution in [3.8, 4) is 0 Å². The van der Waals surface area contributed by atoms with E-state index in [2.05, 4.69) is 33.8 Å². The molecule has 0 aromatic carbocycles. The average molecular weight is 174 g/mol. The maximum absolute atomic E-state index is 4.36. The van der Waals surface area contributed by atoms with Crippen molar-refractivity contribution >= 4 is 11.2 Å². The minimum absolute atomic E-state index is 0.381. The van der Waals surface area contributed by atoms with Crippen LogP contribution in [0.1, 0.15) is 25.5 Å². The molecule has 0 aliphatic rings. The quantitative estimate of drug-likeness (QED) is 0.658. The van der Waals surface area contributed by atoms with Crippen LogP contribution >= 0.6 is 0 Å². The van der Waals surface area contributed by atoms with Gasteiger partial charge in [-0.05, 0) is 5.92 Å². The molecule has 0 saturated carbocycles. The zero-order valence-electron chi connectivity index (χ0n) is 7.60. The zero-order chi connectivity index (χ0) is 9.26. The van der Waals surface area contributed by atoms with Gasteiger partial charge >= 0.3 is 0 Å². The lowest BCUT2D eigenvalue weighted by Crippen LogP contribution is -1.96. The van der Waals surface area contributed by atoms with Crippen molar-refractivity contribution in [1.82, 2.24) is 19.9 Å². The van der Waals surface area contributed by atoms with Gasteiger partial charge in [-0.3, -0.25) is 0 Å². The highest BCUT2D eigenvalue weighted by Crippen LogP contribution is 2.12. The highest BCUT2D eigenvalue weighted by atomic mass is 14.9. The van der Waals surface area contributed by atoms with E-state index in [9.17, 15) is 0 Å². The molecular formula is C9H10N4. The van der Waals surface area contributed by atoms with E-state index < -0.39 is 0 Å². The predicted molar refractivity (Wildman–Crippen MR) is 49.2 cm³/mol. The van der Waals surface area contributed by atoms with E-state index >= 15 is 0 Å². The molecule has 2 aromatic rings. The molecule has 0 aliphatic heterocycles. The van der Waals surface area contributed by atoms with Gasteiger partial charge in [0.1, 0.15) is 11.8 Å². The second kappa shape index (κ2) is 3.05. The molecule has 0 bridgehead atoms. The minimum Gasteiger partial charge on any atom is -0.249 e. The molecular weight excluding hydrogens is 164 g/mol. The van der Waals surface area contributed by atoms with Crippen LogP contribution in [0.4, 0.5) is 0 Å². The maximum Gasteiger partial charge on any atom is 0.181 e. The Balaban J connectivity index is 2.62. The molecule has 13 heavy (non-hydrogen) atoms. The van der Waals surface area contributed by atoms with Gasteiger partial charge in [-0.15, -0.1) is 0 Å². The van der Waals surface area contributed by atoms with E-state index in [0.29, 0.717) is 11.6 Å². The first-order valence-electron chi connectivity index (χ1n) is 4.20. The average Bonchev–Trinajstić information content (AvgIpc) is 2.17. The first-order valence-corrected chi connectivity index (χ1v) is 4.20. The van der Waals surface area contributed by atoms with Crippen LogP contribution in [-0.4, -0.2) is 19.9 Å². The third-order valence-corrected chi connectivity index (χ3v) is 1.84. The fourth-order valence-corrected chi connectivity index (χ4v) is 1.06. The fourth-order valence-electron chi connectivity index (χ4n) is 1.06. The second-order valence-corrected chi connectivity index (χ2v) is 3.18. The van der Waals surface area contributed by atoms with Crippen molar-refractivity contribution in [3.05, 3.63) is 24.4 Å². The molecule has 4 heteroatoms. The monoisotopic (exact) mass is 174 g/mol. The van der Waals surface area contributed by atoms with E-state index in [1.165, 1.54) is 6.33 Å². The Hall–Kier alpha value is -1.58. The summed E-state index contributed by atoms with van der Waals surface area (Å²) in [5.41, 5.74) is 2.37. The largest absolute Gasteiger partial charge is 0.249 e. The highest BCUT2D eigenvalue weighted by Gasteiger charge is 2.03. The van der Waals surface area contributed by atoms with E-state index in [0.717, 1.165) is 11.2 Å². The molecule has 0 aliphatic carbocycles. The van der Waals surface area contributed by atoms with E-state index in [1.54, 1.807) is 12.4 Å². The second-order valence-electron chi connectivity index (χ2n) is 3.18. The molecule has 0 saturated heterocycles. The van der Waals surface area contributed by atoms with Crippen LogP contribution < -0.4 is 0 Å². The molecule has 4 nitrogen and oxygen atoms in total. The Labute approximate surface area is 76.1 Å². The Morgan fingerprint density at radius 1 is 1.15 bits per heavy atom. The van der Waals surface area contributed by atoms with Gasteiger partial charge in [-0.25, -0.2) is 19.9 Å². The lowest BCUT2D eigenvalue weighted by atomic mass is 10.1. The molecule has 66 valence electrons. The summed E-state index contributed by atoms with van der Waals surface area (Å²) in [5.74, 6) is 0.381. The summed E-state index contributed by atoms with van der Waals surface area (Å²) >= 11 is 0. The standard InChI is InChI=1S/C9H10N4/c1-6(2)7-4-11-8-3-10-5-12-9(8)13-7/h3-6H,1-2H3. The lowest BCUT2D eigenvalue weighted by molar-refractivity contribution is 0.818. The van der Waals surface area contributed by atoms with Crippen molar-refractivity contribution in [3.63, 3.8) is 0 Å². The van der Waals surface area contributed by atoms with Gasteiger partial charge in [0.15, 0.2) is 5.65 Å². The summed E-state index contributed by atoms with van der Waals surface area (Å²) in [6, 6.07) is 0. The summed E-state index contributed by atoms with van der Waals surface area (Å²) in [7, 11) is 0. The van der Waals surface area contributed by atoms with Crippen LogP contribution in [-0.2, 0) is 0 Å². The summed E-state index contributed by atoms with van der Waals surface area (Å²) < 4.78 is 0. The number of nitrogens with zero attached hydrogens (tertiary/aromatic N) is 4. The van der Waals surface area contributed by atoms with Crippen molar-refractivity contribution in [2.45, 2.75) is 19.8 Å². The Bertz CT molecular complexity index is 425. The highest BCUT2D eigenvalue weighted by molar-refractivity contribution is 5.67. The van der Waals surface area contributed by atoms with Crippen molar-refractivity contribution in [2.75, 3.05) is 0 Å². The third-order valence-electron chi connectivity index (χ3n) is 1.84. The molecule has 0 fully saturated rings. The minimum atomic E-state index is 0.381. The number of rotatable bonds is 1. The summed E-state index contributed by atoms with van der Waals surface area (Å²) in [5, 5.41) is 0. The topological polar surface area (TPSA) is 51.6 Å². The summed E-state index contributed by atoms with van der Waals surface area (Å²) in [4.78, 5) is 16.5. The lowest BCUT2D eigenvalue weighted by Gasteiger charge is -2.03. The Kier molecular flexibility index (Phi) is 1.88. The normalized spacial score (nSPS) is 11.0. The van der Waals surface area contributed by atoms with Crippen LogP contribution in [0.5, 0.6) is 0 Å². The molecule has 0 unspecified atom stereocenters. The Morgan fingerprint density at radius 3 is 2.77 bits per heavy atom. The van der Waals surface area contributed by atoms with Gasteiger partial charge in [-0.1, -0.05) is 13.8 Å². The van der Waals surface area contributed by atoms with Gasteiger partial charge in [-0.2, -0.15) is 0 Å². The first-order chi connectivity index (χ1) is 6.27. The van der Waals surface area contributed by atoms with Crippen LogP contribution in [0.15, 0.2) is 18.7 Å². The first kappa shape index (κ1) is 8.04. The van der Waals surface area contributed by atoms with Crippen LogP contribution in [0.3, 0.4) is 0 Å². The van der Waals surface area contributed by atoms with Gasteiger partial charge < -0.3 is 0 Å². The zero-order valence-corrected chi connectivity index (χ0v) is 7.60. The molecule has 0 atom stereocenters. The summed E-state index contributed by atoms with van der Waals surface area (Å²) in [6.45, 7) is 4.16. The fraction of sp³-hybridized carbons (Fsp3) is 0.333. The van der Waals surface area contributed by atoms with Crippen molar-refractivity contribution in [2.24, 2.45) is 0 Å². The Morgan fingerprint density at radius 2 is 2.00 bits per heavy atom. The maximum atomic E-state index is 4.36. The van der Waals surface area contributed by atoms with Gasteiger partial charge in [0.05, 0.1) is 11.9 Å². The van der Waals surface area contributed by atoms with E-state index in [4.69, 9.17) is 0 Å². The number of hydrogen-bond acceptors (Lipinski definition) is 4. The molecule has 0 radical (unpaired) electrons. The number of fused-ring (bicyclic) bond motifs is 1. The van der Waals surface area contributed by atoms with Gasteiger partial charge in [0, 0.05) is 6.20 Å². The molecule has 2 heterocycles. The molecule has 0 amide bonds. The van der Waals surface area contributed by atoms with Crippen molar-refractivity contribution in [1.29, 1.82) is 0 Å². The molecule has 0 N–H and O–H groups in total. The van der Waals surface area contributed by atoms with Crippen LogP contribution in [0, 0.1) is 0 Å². The smallest absolute Gasteiger partial charge is 0.181 e. The van der Waals surface area contributed by atoms with E-state index in [-0.39, 0.29) is 0 Å². The van der Waals surface area contributed by atoms with Crippen molar-refractivity contribution < 1.29 is 0 Å². The molecule has 0 spiro atoms.